The van der Waals surface area contributed by atoms with Crippen molar-refractivity contribution in [2.24, 2.45) is 40.7 Å². The lowest BCUT2D eigenvalue weighted by molar-refractivity contribution is -0.0703. The predicted octanol–water partition coefficient (Wildman–Crippen LogP) is 3.28. The molecule has 2 nitrogen and oxygen atoms in total. The SMILES string of the molecule is C[C@]12CC[C@H]3[C@@H](CC[C@H]4C[C@H](O)CC[C@@H]43)[C@@H]1C[C@@H](F)[C@@H]2N. The molecular weight excluding hydrogens is 265 g/mol. The van der Waals surface area contributed by atoms with Crippen LogP contribution in [-0.2, 0) is 0 Å². The Hall–Kier alpha value is -0.150. The van der Waals surface area contributed by atoms with Crippen molar-refractivity contribution >= 4 is 0 Å². The standard InChI is InChI=1S/C18H30FNO/c1-18-7-6-13-12-5-3-11(21)8-10(12)2-4-14(13)15(18)9-16(19)17(18)20/h10-17,21H,2-9,20H2,1H3/t10-,11+,12-,13+,14+,15-,16+,17-,18-/m0/s1. The number of alkyl halides is 1. The Labute approximate surface area is 127 Å². The molecule has 0 unspecified atom stereocenters. The van der Waals surface area contributed by atoms with Crippen LogP contribution < -0.4 is 5.73 Å². The fraction of sp³-hybridized carbons (Fsp3) is 1.00. The van der Waals surface area contributed by atoms with Gasteiger partial charge in [-0.1, -0.05) is 6.92 Å². The van der Waals surface area contributed by atoms with Gasteiger partial charge in [-0.3, -0.25) is 0 Å². The minimum absolute atomic E-state index is 0.0433. The largest absolute Gasteiger partial charge is 0.393 e. The second kappa shape index (κ2) is 4.92. The third-order valence-corrected chi connectivity index (χ3v) is 7.99. The molecule has 0 aromatic rings. The van der Waals surface area contributed by atoms with E-state index in [1.165, 1.54) is 25.7 Å². The summed E-state index contributed by atoms with van der Waals surface area (Å²) in [6.07, 6.45) is 7.91. The molecule has 0 radical (unpaired) electrons. The van der Waals surface area contributed by atoms with Crippen molar-refractivity contribution in [3.05, 3.63) is 0 Å². The van der Waals surface area contributed by atoms with Gasteiger partial charge in [-0.25, -0.2) is 4.39 Å². The topological polar surface area (TPSA) is 46.2 Å². The van der Waals surface area contributed by atoms with Crippen LogP contribution in [0.4, 0.5) is 4.39 Å². The summed E-state index contributed by atoms with van der Waals surface area (Å²) in [6, 6.07) is -0.241. The molecule has 3 N–H and O–H groups in total. The quantitative estimate of drug-likeness (QED) is 0.720. The highest BCUT2D eigenvalue weighted by atomic mass is 19.1. The lowest BCUT2D eigenvalue weighted by atomic mass is 9.50. The molecule has 0 amide bonds. The molecule has 4 aliphatic rings. The van der Waals surface area contributed by atoms with E-state index in [0.717, 1.165) is 37.0 Å². The van der Waals surface area contributed by atoms with E-state index in [2.05, 4.69) is 6.92 Å². The highest BCUT2D eigenvalue weighted by Crippen LogP contribution is 2.62. The molecule has 0 heterocycles. The fourth-order valence-corrected chi connectivity index (χ4v) is 6.84. The van der Waals surface area contributed by atoms with E-state index in [-0.39, 0.29) is 17.6 Å². The Balaban J connectivity index is 1.58. The van der Waals surface area contributed by atoms with Gasteiger partial charge in [0.1, 0.15) is 6.17 Å². The Morgan fingerprint density at radius 3 is 2.57 bits per heavy atom. The van der Waals surface area contributed by atoms with Gasteiger partial charge < -0.3 is 10.8 Å². The molecule has 4 saturated carbocycles. The van der Waals surface area contributed by atoms with Crippen LogP contribution in [0.25, 0.3) is 0 Å². The van der Waals surface area contributed by atoms with Crippen molar-refractivity contribution in [1.82, 2.24) is 0 Å². The summed E-state index contributed by atoms with van der Waals surface area (Å²) in [5, 5.41) is 9.94. The fourth-order valence-electron chi connectivity index (χ4n) is 6.84. The first-order valence-electron chi connectivity index (χ1n) is 9.08. The van der Waals surface area contributed by atoms with Crippen LogP contribution in [0.1, 0.15) is 58.3 Å². The molecule has 0 spiro atoms. The molecule has 120 valence electrons. The summed E-state index contributed by atoms with van der Waals surface area (Å²) in [4.78, 5) is 0. The van der Waals surface area contributed by atoms with Gasteiger partial charge in [-0.2, -0.15) is 0 Å². The minimum atomic E-state index is -0.787. The minimum Gasteiger partial charge on any atom is -0.393 e. The van der Waals surface area contributed by atoms with Gasteiger partial charge in [0.2, 0.25) is 0 Å². The summed E-state index contributed by atoms with van der Waals surface area (Å²) in [5.74, 6) is 3.52. The van der Waals surface area contributed by atoms with Gasteiger partial charge in [0.15, 0.2) is 0 Å². The van der Waals surface area contributed by atoms with Crippen molar-refractivity contribution in [3.8, 4) is 0 Å². The Morgan fingerprint density at radius 1 is 1.00 bits per heavy atom. The van der Waals surface area contributed by atoms with Crippen LogP contribution in [-0.4, -0.2) is 23.4 Å². The second-order valence-corrected chi connectivity index (χ2v) is 8.72. The first-order chi connectivity index (χ1) is 10.0. The van der Waals surface area contributed by atoms with Gasteiger partial charge in [-0.05, 0) is 86.4 Å². The maximum Gasteiger partial charge on any atom is 0.116 e. The Morgan fingerprint density at radius 2 is 1.76 bits per heavy atom. The van der Waals surface area contributed by atoms with E-state index in [0.29, 0.717) is 18.3 Å². The molecule has 4 rings (SSSR count). The highest BCUT2D eigenvalue weighted by molar-refractivity contribution is 5.10. The molecule has 21 heavy (non-hydrogen) atoms. The van der Waals surface area contributed by atoms with Crippen LogP contribution in [0.5, 0.6) is 0 Å². The maximum absolute atomic E-state index is 14.2. The van der Waals surface area contributed by atoms with E-state index in [1.807, 2.05) is 0 Å². The van der Waals surface area contributed by atoms with E-state index >= 15 is 0 Å². The average Bonchev–Trinajstić information content (AvgIpc) is 2.70. The van der Waals surface area contributed by atoms with Crippen LogP contribution in [0, 0.1) is 35.0 Å². The monoisotopic (exact) mass is 295 g/mol. The Kier molecular flexibility index (Phi) is 3.39. The van der Waals surface area contributed by atoms with Crippen molar-refractivity contribution in [3.63, 3.8) is 0 Å². The summed E-state index contributed by atoms with van der Waals surface area (Å²) < 4.78 is 14.2. The first kappa shape index (κ1) is 14.4. The summed E-state index contributed by atoms with van der Waals surface area (Å²) in [7, 11) is 0. The first-order valence-corrected chi connectivity index (χ1v) is 9.08. The maximum atomic E-state index is 14.2. The van der Waals surface area contributed by atoms with E-state index < -0.39 is 6.17 Å². The zero-order valence-corrected chi connectivity index (χ0v) is 13.2. The molecule has 4 fully saturated rings. The van der Waals surface area contributed by atoms with Crippen molar-refractivity contribution in [1.29, 1.82) is 0 Å². The third-order valence-electron chi connectivity index (χ3n) is 7.99. The summed E-state index contributed by atoms with van der Waals surface area (Å²) in [5.41, 5.74) is 6.27. The molecule has 0 saturated heterocycles. The lowest BCUT2D eigenvalue weighted by Crippen LogP contribution is -2.51. The molecule has 9 atom stereocenters. The highest BCUT2D eigenvalue weighted by Gasteiger charge is 2.59. The molecule has 4 aliphatic carbocycles. The molecular formula is C18H30FNO. The smallest absolute Gasteiger partial charge is 0.116 e. The molecule has 3 heteroatoms. The molecule has 0 aromatic carbocycles. The number of fused-ring (bicyclic) bond motifs is 5. The zero-order chi connectivity index (χ0) is 14.8. The second-order valence-electron chi connectivity index (χ2n) is 8.72. The Bertz CT molecular complexity index is 416. The molecule has 0 aromatic heterocycles. The number of aliphatic hydroxyl groups excluding tert-OH is 1. The normalized spacial score (nSPS) is 60.0. The number of hydrogen-bond donors (Lipinski definition) is 2. The lowest BCUT2D eigenvalue weighted by Gasteiger charge is -2.55. The van der Waals surface area contributed by atoms with Gasteiger partial charge >= 0.3 is 0 Å². The van der Waals surface area contributed by atoms with Crippen LogP contribution in [0.3, 0.4) is 0 Å². The van der Waals surface area contributed by atoms with E-state index in [1.54, 1.807) is 0 Å². The third kappa shape index (κ3) is 2.03. The number of halogens is 1. The number of aliphatic hydroxyl groups is 1. The van der Waals surface area contributed by atoms with Gasteiger partial charge in [-0.15, -0.1) is 0 Å². The van der Waals surface area contributed by atoms with Crippen molar-refractivity contribution < 1.29 is 9.50 Å². The molecule has 0 aliphatic heterocycles. The van der Waals surface area contributed by atoms with Crippen LogP contribution >= 0.6 is 0 Å². The number of hydrogen-bond acceptors (Lipinski definition) is 2. The van der Waals surface area contributed by atoms with Crippen LogP contribution in [0.15, 0.2) is 0 Å². The van der Waals surface area contributed by atoms with Gasteiger partial charge in [0.05, 0.1) is 6.10 Å². The zero-order valence-electron chi connectivity index (χ0n) is 13.2. The van der Waals surface area contributed by atoms with E-state index in [9.17, 15) is 9.50 Å². The number of rotatable bonds is 0. The van der Waals surface area contributed by atoms with Crippen molar-refractivity contribution in [2.45, 2.75) is 76.6 Å². The van der Waals surface area contributed by atoms with Crippen LogP contribution in [0.2, 0.25) is 0 Å². The summed E-state index contributed by atoms with van der Waals surface area (Å²) in [6.45, 7) is 2.26. The number of nitrogens with two attached hydrogens (primary N) is 1. The van der Waals surface area contributed by atoms with Gasteiger partial charge in [0, 0.05) is 6.04 Å². The van der Waals surface area contributed by atoms with Crippen molar-refractivity contribution in [2.75, 3.05) is 0 Å². The average molecular weight is 295 g/mol. The van der Waals surface area contributed by atoms with E-state index in [4.69, 9.17) is 5.73 Å². The van der Waals surface area contributed by atoms with Gasteiger partial charge in [0.25, 0.3) is 0 Å². The summed E-state index contributed by atoms with van der Waals surface area (Å²) >= 11 is 0. The molecule has 0 bridgehead atoms. The predicted molar refractivity (Wildman–Crippen MR) is 81.4 cm³/mol.